The van der Waals surface area contributed by atoms with E-state index in [2.05, 4.69) is 155 Å². The minimum Gasteiger partial charge on any atom is -0.497 e. The molecular formula is C58H44N2O4. The van der Waals surface area contributed by atoms with Crippen LogP contribution in [0.1, 0.15) is 43.0 Å². The van der Waals surface area contributed by atoms with Crippen molar-refractivity contribution in [3.63, 3.8) is 0 Å². The van der Waals surface area contributed by atoms with E-state index in [1.165, 1.54) is 21.5 Å². The molecule has 6 heteroatoms. The Bertz CT molecular complexity index is 3020. The zero-order valence-electron chi connectivity index (χ0n) is 35.5. The highest BCUT2D eigenvalue weighted by Crippen LogP contribution is 2.37. The predicted octanol–water partition coefficient (Wildman–Crippen LogP) is 14.9. The van der Waals surface area contributed by atoms with Gasteiger partial charge in [0.05, 0.1) is 14.2 Å². The standard InChI is InChI=1S/C58H44N2O4/c1-63-57-31-27-55(28-32-57)60(56-29-33-58(64-2)34-30-56)52-21-11-42(12-22-52)4-6-44-8-18-48-37-49-35-43(7-17-47(49)38-50(48)36-44)5-3-41-9-19-51(20-10-41)59(53-23-13-45(39-61)14-24-53)54-25-15-46(40-62)16-26-54/h3-40H,1-2H3. The second-order valence-corrected chi connectivity index (χ2v) is 15.4. The first-order valence-corrected chi connectivity index (χ1v) is 21.0. The molecule has 0 heterocycles. The first-order chi connectivity index (χ1) is 31.5. The number of nitrogens with zero attached hydrogens (tertiary/aromatic N) is 2. The van der Waals surface area contributed by atoms with E-state index in [1.54, 1.807) is 38.5 Å². The van der Waals surface area contributed by atoms with Gasteiger partial charge in [0, 0.05) is 45.3 Å². The fraction of sp³-hybridized carbons (Fsp3) is 0.0345. The van der Waals surface area contributed by atoms with E-state index in [0.29, 0.717) is 11.1 Å². The summed E-state index contributed by atoms with van der Waals surface area (Å²) in [5, 5.41) is 4.75. The van der Waals surface area contributed by atoms with Crippen LogP contribution >= 0.6 is 0 Å². The molecule has 0 saturated heterocycles. The maximum absolute atomic E-state index is 11.3. The van der Waals surface area contributed by atoms with Gasteiger partial charge in [-0.3, -0.25) is 9.59 Å². The lowest BCUT2D eigenvalue weighted by molar-refractivity contribution is 0.111. The number of hydrogen-bond donors (Lipinski definition) is 0. The van der Waals surface area contributed by atoms with Gasteiger partial charge in [0.1, 0.15) is 24.1 Å². The summed E-state index contributed by atoms with van der Waals surface area (Å²) >= 11 is 0. The van der Waals surface area contributed by atoms with Gasteiger partial charge >= 0.3 is 0 Å². The molecule has 9 rings (SSSR count). The molecule has 0 bridgehead atoms. The molecule has 0 aliphatic rings. The highest BCUT2D eigenvalue weighted by molar-refractivity contribution is 6.00. The van der Waals surface area contributed by atoms with Crippen molar-refractivity contribution in [1.82, 2.24) is 0 Å². The molecule has 0 aliphatic carbocycles. The lowest BCUT2D eigenvalue weighted by atomic mass is 9.99. The number of benzene rings is 9. The molecule has 9 aromatic carbocycles. The molecule has 6 nitrogen and oxygen atoms in total. The normalized spacial score (nSPS) is 11.3. The Kier molecular flexibility index (Phi) is 11.9. The van der Waals surface area contributed by atoms with Gasteiger partial charge in [-0.2, -0.15) is 0 Å². The average Bonchev–Trinajstić information content (AvgIpc) is 3.36. The summed E-state index contributed by atoms with van der Waals surface area (Å²) in [5.74, 6) is 1.62. The summed E-state index contributed by atoms with van der Waals surface area (Å²) in [6, 6.07) is 65.7. The van der Waals surface area contributed by atoms with Crippen molar-refractivity contribution in [2.45, 2.75) is 0 Å². The molecule has 310 valence electrons. The molecule has 0 N–H and O–H groups in total. The Balaban J connectivity index is 0.900. The number of aldehydes is 2. The summed E-state index contributed by atoms with van der Waals surface area (Å²) in [7, 11) is 3.35. The number of carbonyl (C=O) groups excluding carboxylic acids is 2. The van der Waals surface area contributed by atoms with Gasteiger partial charge in [0.15, 0.2) is 0 Å². The zero-order valence-corrected chi connectivity index (χ0v) is 35.5. The quantitative estimate of drug-likeness (QED) is 0.0618. The van der Waals surface area contributed by atoms with Crippen LogP contribution in [-0.2, 0) is 0 Å². The Labute approximate surface area is 373 Å². The minimum atomic E-state index is 0.611. The number of ether oxygens (including phenoxy) is 2. The van der Waals surface area contributed by atoms with Crippen molar-refractivity contribution in [1.29, 1.82) is 0 Å². The van der Waals surface area contributed by atoms with Crippen molar-refractivity contribution in [2.75, 3.05) is 24.0 Å². The van der Waals surface area contributed by atoms with E-state index in [4.69, 9.17) is 9.47 Å². The summed E-state index contributed by atoms with van der Waals surface area (Å²) in [6.07, 6.45) is 10.3. The van der Waals surface area contributed by atoms with Crippen molar-refractivity contribution in [2.24, 2.45) is 0 Å². The number of hydrogen-bond acceptors (Lipinski definition) is 6. The van der Waals surface area contributed by atoms with Crippen molar-refractivity contribution >= 4 is 92.5 Å². The monoisotopic (exact) mass is 832 g/mol. The molecule has 0 aromatic heterocycles. The topological polar surface area (TPSA) is 59.1 Å². The van der Waals surface area contributed by atoms with Gasteiger partial charge in [-0.15, -0.1) is 0 Å². The molecule has 0 amide bonds. The van der Waals surface area contributed by atoms with Crippen LogP contribution in [-0.4, -0.2) is 26.8 Å². The van der Waals surface area contributed by atoms with E-state index >= 15 is 0 Å². The van der Waals surface area contributed by atoms with Gasteiger partial charge in [0.2, 0.25) is 0 Å². The Morgan fingerprint density at radius 2 is 0.562 bits per heavy atom. The fourth-order valence-corrected chi connectivity index (χ4v) is 7.86. The summed E-state index contributed by atoms with van der Waals surface area (Å²) < 4.78 is 10.8. The van der Waals surface area contributed by atoms with Crippen LogP contribution in [0.2, 0.25) is 0 Å². The van der Waals surface area contributed by atoms with E-state index in [-0.39, 0.29) is 0 Å². The van der Waals surface area contributed by atoms with Crippen molar-refractivity contribution in [3.8, 4) is 11.5 Å². The number of anilines is 6. The Hall–Kier alpha value is -8.48. The zero-order chi connectivity index (χ0) is 43.8. The minimum absolute atomic E-state index is 0.611. The third-order valence-electron chi connectivity index (χ3n) is 11.3. The molecule has 9 aromatic rings. The fourth-order valence-electron chi connectivity index (χ4n) is 7.86. The molecule has 0 radical (unpaired) electrons. The number of fused-ring (bicyclic) bond motifs is 2. The highest BCUT2D eigenvalue weighted by atomic mass is 16.5. The van der Waals surface area contributed by atoms with Crippen LogP contribution in [0.15, 0.2) is 194 Å². The van der Waals surface area contributed by atoms with Gasteiger partial charge in [-0.1, -0.05) is 72.8 Å². The van der Waals surface area contributed by atoms with E-state index in [1.807, 2.05) is 48.5 Å². The van der Waals surface area contributed by atoms with Gasteiger partial charge < -0.3 is 19.3 Å². The van der Waals surface area contributed by atoms with E-state index < -0.39 is 0 Å². The molecular weight excluding hydrogens is 789 g/mol. The van der Waals surface area contributed by atoms with Crippen molar-refractivity contribution in [3.05, 3.63) is 228 Å². The number of rotatable bonds is 14. The number of carbonyl (C=O) groups is 2. The van der Waals surface area contributed by atoms with Crippen LogP contribution in [0.5, 0.6) is 11.5 Å². The molecule has 0 saturated carbocycles. The van der Waals surface area contributed by atoms with Crippen LogP contribution < -0.4 is 19.3 Å². The Morgan fingerprint density at radius 1 is 0.297 bits per heavy atom. The maximum atomic E-state index is 11.3. The van der Waals surface area contributed by atoms with Gasteiger partial charge in [-0.25, -0.2) is 0 Å². The van der Waals surface area contributed by atoms with E-state index in [0.717, 1.165) is 80.4 Å². The third kappa shape index (κ3) is 9.08. The van der Waals surface area contributed by atoms with E-state index in [9.17, 15) is 9.59 Å². The number of methoxy groups -OCH3 is 2. The second kappa shape index (κ2) is 18.6. The second-order valence-electron chi connectivity index (χ2n) is 15.4. The molecule has 0 unspecified atom stereocenters. The van der Waals surface area contributed by atoms with Crippen molar-refractivity contribution < 1.29 is 19.1 Å². The first kappa shape index (κ1) is 40.9. The van der Waals surface area contributed by atoms with Gasteiger partial charge in [-0.05, 0) is 189 Å². The summed E-state index contributed by atoms with van der Waals surface area (Å²) in [6.45, 7) is 0. The Morgan fingerprint density at radius 3 is 0.859 bits per heavy atom. The van der Waals surface area contributed by atoms with Crippen LogP contribution in [0.4, 0.5) is 34.1 Å². The lowest BCUT2D eigenvalue weighted by Crippen LogP contribution is -2.10. The summed E-state index contributed by atoms with van der Waals surface area (Å²) in [4.78, 5) is 27.0. The van der Waals surface area contributed by atoms with Crippen LogP contribution in [0.25, 0.3) is 45.8 Å². The lowest BCUT2D eigenvalue weighted by Gasteiger charge is -2.26. The molecule has 0 spiro atoms. The molecule has 64 heavy (non-hydrogen) atoms. The predicted molar refractivity (Wildman–Crippen MR) is 265 cm³/mol. The summed E-state index contributed by atoms with van der Waals surface area (Å²) in [5.41, 5.74) is 11.5. The van der Waals surface area contributed by atoms with Crippen LogP contribution in [0, 0.1) is 0 Å². The smallest absolute Gasteiger partial charge is 0.150 e. The van der Waals surface area contributed by atoms with Gasteiger partial charge in [0.25, 0.3) is 0 Å². The SMILES string of the molecule is COc1ccc(N(c2ccc(C=Cc3ccc4cc5cc(C=Cc6ccc(N(c7ccc(C=O)cc7)c7ccc(C=O)cc7)cc6)ccc5cc4c3)cc2)c2ccc(OC)cc2)cc1. The highest BCUT2D eigenvalue weighted by Gasteiger charge is 2.14. The maximum Gasteiger partial charge on any atom is 0.150 e. The molecule has 0 aliphatic heterocycles. The average molecular weight is 833 g/mol. The van der Waals surface area contributed by atoms with Crippen LogP contribution in [0.3, 0.4) is 0 Å². The third-order valence-corrected chi connectivity index (χ3v) is 11.3. The molecule has 0 atom stereocenters. The first-order valence-electron chi connectivity index (χ1n) is 21.0. The largest absolute Gasteiger partial charge is 0.497 e. The molecule has 0 fully saturated rings.